The Morgan fingerprint density at radius 1 is 1.06 bits per heavy atom. The predicted molar refractivity (Wildman–Crippen MR) is 64.1 cm³/mol. The summed E-state index contributed by atoms with van der Waals surface area (Å²) in [5.74, 6) is -1.95. The Hall–Kier alpha value is -1.81. The molecule has 1 N–H and O–H groups in total. The van der Waals surface area contributed by atoms with E-state index in [0.29, 0.717) is 11.4 Å². The summed E-state index contributed by atoms with van der Waals surface area (Å²) in [4.78, 5) is 4.10. The van der Waals surface area contributed by atoms with Crippen LogP contribution in [-0.2, 0) is 0 Å². The summed E-state index contributed by atoms with van der Waals surface area (Å²) in [6.45, 7) is 3.24. The third-order valence-corrected chi connectivity index (χ3v) is 2.79. The Morgan fingerprint density at radius 2 is 1.78 bits per heavy atom. The molecule has 0 spiro atoms. The second kappa shape index (κ2) is 4.82. The molecule has 18 heavy (non-hydrogen) atoms. The second-order valence-corrected chi connectivity index (χ2v) is 4.21. The molecule has 94 valence electrons. The van der Waals surface area contributed by atoms with Crippen molar-refractivity contribution in [2.45, 2.75) is 20.0 Å². The SMILES string of the molecule is Cc1cccc(C(O)c2ccc(C)c(F)c2F)n1. The van der Waals surface area contributed by atoms with Crippen molar-refractivity contribution in [1.29, 1.82) is 0 Å². The van der Waals surface area contributed by atoms with E-state index in [2.05, 4.69) is 4.98 Å². The molecule has 0 fully saturated rings. The molecule has 0 aliphatic heterocycles. The fourth-order valence-corrected chi connectivity index (χ4v) is 1.75. The smallest absolute Gasteiger partial charge is 0.165 e. The van der Waals surface area contributed by atoms with E-state index in [1.54, 1.807) is 25.1 Å². The molecule has 1 aromatic heterocycles. The summed E-state index contributed by atoms with van der Waals surface area (Å²) in [5, 5.41) is 10.0. The lowest BCUT2D eigenvalue weighted by atomic mass is 10.0. The molecule has 1 heterocycles. The van der Waals surface area contributed by atoms with Gasteiger partial charge < -0.3 is 5.11 Å². The number of benzene rings is 1. The molecule has 0 saturated carbocycles. The van der Waals surface area contributed by atoms with Crippen LogP contribution < -0.4 is 0 Å². The number of nitrogens with zero attached hydrogens (tertiary/aromatic N) is 1. The number of pyridine rings is 1. The Kier molecular flexibility index (Phi) is 3.39. The van der Waals surface area contributed by atoms with Crippen LogP contribution in [0, 0.1) is 25.5 Å². The molecule has 1 aromatic carbocycles. The number of aliphatic hydroxyl groups excluding tert-OH is 1. The fraction of sp³-hybridized carbons (Fsp3) is 0.214. The van der Waals surface area contributed by atoms with Crippen LogP contribution in [0.1, 0.15) is 28.6 Å². The van der Waals surface area contributed by atoms with Gasteiger partial charge in [-0.15, -0.1) is 0 Å². The lowest BCUT2D eigenvalue weighted by Crippen LogP contribution is -2.07. The minimum absolute atomic E-state index is 0.101. The van der Waals surface area contributed by atoms with Crippen LogP contribution in [0.15, 0.2) is 30.3 Å². The molecule has 0 bridgehead atoms. The van der Waals surface area contributed by atoms with Crippen LogP contribution in [0.2, 0.25) is 0 Å². The normalized spacial score (nSPS) is 12.5. The van der Waals surface area contributed by atoms with Gasteiger partial charge in [0.1, 0.15) is 6.10 Å². The molecule has 0 aliphatic rings. The Labute approximate surface area is 104 Å². The highest BCUT2D eigenvalue weighted by Gasteiger charge is 2.20. The van der Waals surface area contributed by atoms with Crippen molar-refractivity contribution in [3.05, 3.63) is 64.5 Å². The van der Waals surface area contributed by atoms with Gasteiger partial charge in [-0.25, -0.2) is 8.78 Å². The molecule has 0 saturated heterocycles. The number of aromatic nitrogens is 1. The number of halogens is 2. The standard InChI is InChI=1S/C14H13F2NO/c1-8-6-7-10(13(16)12(8)15)14(18)11-5-3-4-9(2)17-11/h3-7,14,18H,1-2H3. The highest BCUT2D eigenvalue weighted by Crippen LogP contribution is 2.25. The van der Waals surface area contributed by atoms with Crippen LogP contribution >= 0.6 is 0 Å². The van der Waals surface area contributed by atoms with Crippen molar-refractivity contribution < 1.29 is 13.9 Å². The summed E-state index contributed by atoms with van der Waals surface area (Å²) in [7, 11) is 0. The average Bonchev–Trinajstić information content (AvgIpc) is 2.35. The van der Waals surface area contributed by atoms with Gasteiger partial charge in [0.2, 0.25) is 0 Å². The van der Waals surface area contributed by atoms with Gasteiger partial charge in [-0.1, -0.05) is 18.2 Å². The number of rotatable bonds is 2. The van der Waals surface area contributed by atoms with Gasteiger partial charge in [0.05, 0.1) is 5.69 Å². The van der Waals surface area contributed by atoms with E-state index in [0.717, 1.165) is 0 Å². The lowest BCUT2D eigenvalue weighted by Gasteiger charge is -2.13. The number of aryl methyl sites for hydroxylation is 2. The number of aliphatic hydroxyl groups is 1. The summed E-state index contributed by atoms with van der Waals surface area (Å²) >= 11 is 0. The zero-order chi connectivity index (χ0) is 13.3. The second-order valence-electron chi connectivity index (χ2n) is 4.21. The van der Waals surface area contributed by atoms with Crippen molar-refractivity contribution in [2.24, 2.45) is 0 Å². The van der Waals surface area contributed by atoms with Crippen molar-refractivity contribution in [3.8, 4) is 0 Å². The quantitative estimate of drug-likeness (QED) is 0.887. The molecule has 0 aliphatic carbocycles. The Bertz CT molecular complexity index is 584. The van der Waals surface area contributed by atoms with Gasteiger partial charge in [0.25, 0.3) is 0 Å². The molecule has 2 aromatic rings. The first-order chi connectivity index (χ1) is 8.50. The third-order valence-electron chi connectivity index (χ3n) is 2.79. The highest BCUT2D eigenvalue weighted by atomic mass is 19.2. The monoisotopic (exact) mass is 249 g/mol. The zero-order valence-corrected chi connectivity index (χ0v) is 10.1. The van der Waals surface area contributed by atoms with E-state index in [-0.39, 0.29) is 11.1 Å². The molecule has 4 heteroatoms. The summed E-state index contributed by atoms with van der Waals surface area (Å²) in [5.41, 5.74) is 1.12. The van der Waals surface area contributed by atoms with E-state index in [4.69, 9.17) is 0 Å². The van der Waals surface area contributed by atoms with Gasteiger partial charge in [0.15, 0.2) is 11.6 Å². The first-order valence-electron chi connectivity index (χ1n) is 5.57. The minimum Gasteiger partial charge on any atom is -0.382 e. The maximum absolute atomic E-state index is 13.7. The molecule has 2 nitrogen and oxygen atoms in total. The van der Waals surface area contributed by atoms with E-state index in [1.165, 1.54) is 19.1 Å². The van der Waals surface area contributed by atoms with Gasteiger partial charge in [-0.05, 0) is 31.5 Å². The van der Waals surface area contributed by atoms with Crippen molar-refractivity contribution >= 4 is 0 Å². The summed E-state index contributed by atoms with van der Waals surface area (Å²) < 4.78 is 27.2. The van der Waals surface area contributed by atoms with Crippen molar-refractivity contribution in [1.82, 2.24) is 4.98 Å². The van der Waals surface area contributed by atoms with Crippen LogP contribution in [0.5, 0.6) is 0 Å². The third kappa shape index (κ3) is 2.24. The number of hydrogen-bond acceptors (Lipinski definition) is 2. The Balaban J connectivity index is 2.46. The Morgan fingerprint density at radius 3 is 2.44 bits per heavy atom. The predicted octanol–water partition coefficient (Wildman–Crippen LogP) is 3.06. The average molecular weight is 249 g/mol. The van der Waals surface area contributed by atoms with E-state index in [9.17, 15) is 13.9 Å². The molecular formula is C14H13F2NO. The van der Waals surface area contributed by atoms with Gasteiger partial charge >= 0.3 is 0 Å². The van der Waals surface area contributed by atoms with Crippen molar-refractivity contribution in [3.63, 3.8) is 0 Å². The molecular weight excluding hydrogens is 236 g/mol. The van der Waals surface area contributed by atoms with E-state index < -0.39 is 17.7 Å². The molecule has 1 atom stereocenters. The van der Waals surface area contributed by atoms with Gasteiger partial charge in [0, 0.05) is 11.3 Å². The fourth-order valence-electron chi connectivity index (χ4n) is 1.75. The lowest BCUT2D eigenvalue weighted by molar-refractivity contribution is 0.208. The molecule has 2 rings (SSSR count). The van der Waals surface area contributed by atoms with E-state index >= 15 is 0 Å². The topological polar surface area (TPSA) is 33.1 Å². The maximum Gasteiger partial charge on any atom is 0.165 e. The van der Waals surface area contributed by atoms with Crippen LogP contribution in [0.25, 0.3) is 0 Å². The van der Waals surface area contributed by atoms with Crippen LogP contribution in [0.3, 0.4) is 0 Å². The zero-order valence-electron chi connectivity index (χ0n) is 10.1. The summed E-state index contributed by atoms with van der Waals surface area (Å²) in [6.07, 6.45) is -1.26. The summed E-state index contributed by atoms with van der Waals surface area (Å²) in [6, 6.07) is 7.87. The molecule has 0 amide bonds. The minimum atomic E-state index is -1.26. The highest BCUT2D eigenvalue weighted by molar-refractivity contribution is 5.31. The maximum atomic E-state index is 13.7. The van der Waals surface area contributed by atoms with E-state index in [1.807, 2.05) is 0 Å². The van der Waals surface area contributed by atoms with Gasteiger partial charge in [-0.3, -0.25) is 4.98 Å². The number of hydrogen-bond donors (Lipinski definition) is 1. The van der Waals surface area contributed by atoms with Crippen LogP contribution in [0.4, 0.5) is 8.78 Å². The largest absolute Gasteiger partial charge is 0.382 e. The molecule has 1 unspecified atom stereocenters. The van der Waals surface area contributed by atoms with Crippen molar-refractivity contribution in [2.75, 3.05) is 0 Å². The molecule has 0 radical (unpaired) electrons. The van der Waals surface area contributed by atoms with Gasteiger partial charge in [-0.2, -0.15) is 0 Å². The van der Waals surface area contributed by atoms with Crippen LogP contribution in [-0.4, -0.2) is 10.1 Å². The first-order valence-corrected chi connectivity index (χ1v) is 5.57. The first kappa shape index (κ1) is 12.6.